The first-order chi connectivity index (χ1) is 15.3. The Bertz CT molecular complexity index is 1260. The molecule has 0 unspecified atom stereocenters. The molecule has 4 rings (SSSR count). The minimum absolute atomic E-state index is 0.0646. The Morgan fingerprint density at radius 1 is 0.906 bits per heavy atom. The van der Waals surface area contributed by atoms with Crippen molar-refractivity contribution in [2.75, 3.05) is 16.8 Å². The van der Waals surface area contributed by atoms with Crippen LogP contribution >= 0.6 is 0 Å². The fourth-order valence-corrected chi connectivity index (χ4v) is 5.23. The molecular formula is C24H23N3O4S. The summed E-state index contributed by atoms with van der Waals surface area (Å²) >= 11 is 0. The molecular weight excluding hydrogens is 426 g/mol. The second-order valence-corrected chi connectivity index (χ2v) is 9.54. The summed E-state index contributed by atoms with van der Waals surface area (Å²) in [4.78, 5) is 27.2. The molecule has 0 atom stereocenters. The lowest BCUT2D eigenvalue weighted by atomic mass is 10.2. The van der Waals surface area contributed by atoms with Crippen LogP contribution in [0.15, 0.2) is 83.8 Å². The van der Waals surface area contributed by atoms with Crippen LogP contribution in [0.2, 0.25) is 0 Å². The Kier molecular flexibility index (Phi) is 5.71. The Hall–Kier alpha value is -3.65. The van der Waals surface area contributed by atoms with Gasteiger partial charge in [-0.1, -0.05) is 30.3 Å². The van der Waals surface area contributed by atoms with E-state index in [2.05, 4.69) is 5.32 Å². The second-order valence-electron chi connectivity index (χ2n) is 7.71. The van der Waals surface area contributed by atoms with Gasteiger partial charge in [-0.15, -0.1) is 0 Å². The summed E-state index contributed by atoms with van der Waals surface area (Å²) in [6.07, 6.45) is 0. The molecule has 0 spiro atoms. The molecule has 0 radical (unpaired) electrons. The molecule has 1 N–H and O–H groups in total. The number of nitrogens with one attached hydrogen (secondary N) is 1. The van der Waals surface area contributed by atoms with Crippen molar-refractivity contribution in [3.63, 3.8) is 0 Å². The largest absolute Gasteiger partial charge is 0.356 e. The maximum Gasteiger partial charge on any atom is 0.269 e. The monoisotopic (exact) mass is 449 g/mol. The van der Waals surface area contributed by atoms with E-state index < -0.39 is 28.4 Å². The molecule has 1 heterocycles. The molecule has 0 saturated heterocycles. The number of amides is 2. The summed E-state index contributed by atoms with van der Waals surface area (Å²) in [5, 5.41) is 3.28. The number of fused-ring (bicyclic) bond motifs is 1. The van der Waals surface area contributed by atoms with Crippen molar-refractivity contribution in [2.45, 2.75) is 24.8 Å². The van der Waals surface area contributed by atoms with Gasteiger partial charge >= 0.3 is 0 Å². The van der Waals surface area contributed by atoms with Crippen molar-refractivity contribution < 1.29 is 18.0 Å². The van der Waals surface area contributed by atoms with E-state index in [0.29, 0.717) is 9.99 Å². The third-order valence-corrected chi connectivity index (χ3v) is 6.97. The molecule has 2 amide bonds. The Morgan fingerprint density at radius 2 is 1.50 bits per heavy atom. The molecule has 0 bridgehead atoms. The van der Waals surface area contributed by atoms with Gasteiger partial charge in [0.2, 0.25) is 5.91 Å². The molecule has 3 aromatic carbocycles. The van der Waals surface area contributed by atoms with E-state index in [4.69, 9.17) is 0 Å². The van der Waals surface area contributed by atoms with Crippen LogP contribution in [0.3, 0.4) is 0 Å². The Morgan fingerprint density at radius 3 is 2.12 bits per heavy atom. The zero-order chi connectivity index (χ0) is 22.9. The molecule has 1 aliphatic heterocycles. The lowest BCUT2D eigenvalue weighted by Crippen LogP contribution is -2.45. The normalized spacial score (nSPS) is 14.3. The highest BCUT2D eigenvalue weighted by Gasteiger charge is 2.42. The van der Waals surface area contributed by atoms with E-state index in [9.17, 15) is 18.0 Å². The topological polar surface area (TPSA) is 86.8 Å². The van der Waals surface area contributed by atoms with E-state index in [1.165, 1.54) is 17.0 Å². The van der Waals surface area contributed by atoms with Crippen LogP contribution in [0.4, 0.5) is 17.1 Å². The Balaban J connectivity index is 1.55. The standard InChI is InChI=1S/C24H23N3O4S/c1-17(2)27(20-14-12-19(13-15-20)25-18-8-4-3-5-9-18)23(28)16-26-24(29)21-10-6-7-11-22(21)32(26,30)31/h3-15,17,25H,16H2,1-2H3. The quantitative estimate of drug-likeness (QED) is 0.614. The first-order valence-corrected chi connectivity index (χ1v) is 11.6. The molecule has 32 heavy (non-hydrogen) atoms. The maximum absolute atomic E-state index is 13.2. The highest BCUT2D eigenvalue weighted by Crippen LogP contribution is 2.30. The van der Waals surface area contributed by atoms with Crippen LogP contribution in [-0.4, -0.2) is 37.1 Å². The van der Waals surface area contributed by atoms with E-state index in [1.54, 1.807) is 24.3 Å². The SMILES string of the molecule is CC(C)N(C(=O)CN1C(=O)c2ccccc2S1(=O)=O)c1ccc(Nc2ccccc2)cc1. The Labute approximate surface area is 187 Å². The van der Waals surface area contributed by atoms with Crippen molar-refractivity contribution in [2.24, 2.45) is 0 Å². The molecule has 0 aromatic heterocycles. The summed E-state index contributed by atoms with van der Waals surface area (Å²) in [7, 11) is -4.05. The van der Waals surface area contributed by atoms with Crippen LogP contribution in [0.5, 0.6) is 0 Å². The van der Waals surface area contributed by atoms with Gasteiger partial charge in [0, 0.05) is 23.1 Å². The van der Waals surface area contributed by atoms with Gasteiger partial charge in [-0.25, -0.2) is 12.7 Å². The third-order valence-electron chi connectivity index (χ3n) is 5.18. The molecule has 8 heteroatoms. The summed E-state index contributed by atoms with van der Waals surface area (Å²) in [5.74, 6) is -1.16. The summed E-state index contributed by atoms with van der Waals surface area (Å²) < 4.78 is 26.3. The molecule has 0 saturated carbocycles. The molecule has 3 aromatic rings. The predicted octanol–water partition coefficient (Wildman–Crippen LogP) is 4.02. The highest BCUT2D eigenvalue weighted by atomic mass is 32.2. The fraction of sp³-hybridized carbons (Fsp3) is 0.167. The van der Waals surface area contributed by atoms with E-state index in [1.807, 2.05) is 56.3 Å². The zero-order valence-electron chi connectivity index (χ0n) is 17.7. The number of nitrogens with zero attached hydrogens (tertiary/aromatic N) is 2. The second kappa shape index (κ2) is 8.47. The van der Waals surface area contributed by atoms with E-state index in [0.717, 1.165) is 11.4 Å². The van der Waals surface area contributed by atoms with Crippen LogP contribution in [0.25, 0.3) is 0 Å². The average Bonchev–Trinajstić information content (AvgIpc) is 2.96. The fourth-order valence-electron chi connectivity index (χ4n) is 3.71. The lowest BCUT2D eigenvalue weighted by Gasteiger charge is -2.28. The zero-order valence-corrected chi connectivity index (χ0v) is 18.5. The van der Waals surface area contributed by atoms with Crippen LogP contribution < -0.4 is 10.2 Å². The number of carbonyl (C=O) groups excluding carboxylic acids is 2. The van der Waals surface area contributed by atoms with Crippen molar-refractivity contribution in [1.82, 2.24) is 4.31 Å². The average molecular weight is 450 g/mol. The minimum atomic E-state index is -4.05. The van der Waals surface area contributed by atoms with Gasteiger partial charge in [0.1, 0.15) is 11.4 Å². The minimum Gasteiger partial charge on any atom is -0.356 e. The van der Waals surface area contributed by atoms with Gasteiger partial charge in [0.15, 0.2) is 0 Å². The lowest BCUT2D eigenvalue weighted by molar-refractivity contribution is -0.118. The number of sulfonamides is 1. The number of rotatable bonds is 6. The van der Waals surface area contributed by atoms with Crippen molar-refractivity contribution in [3.8, 4) is 0 Å². The number of para-hydroxylation sites is 1. The first kappa shape index (κ1) is 21.6. The molecule has 7 nitrogen and oxygen atoms in total. The number of benzene rings is 3. The van der Waals surface area contributed by atoms with Crippen LogP contribution in [-0.2, 0) is 14.8 Å². The van der Waals surface area contributed by atoms with Gasteiger partial charge in [-0.2, -0.15) is 0 Å². The van der Waals surface area contributed by atoms with Gasteiger partial charge in [0.05, 0.1) is 5.56 Å². The third kappa shape index (κ3) is 3.97. The number of hydrogen-bond donors (Lipinski definition) is 1. The molecule has 1 aliphatic rings. The van der Waals surface area contributed by atoms with Gasteiger partial charge in [-0.3, -0.25) is 9.59 Å². The van der Waals surface area contributed by atoms with E-state index >= 15 is 0 Å². The maximum atomic E-state index is 13.2. The number of hydrogen-bond acceptors (Lipinski definition) is 5. The van der Waals surface area contributed by atoms with Gasteiger partial charge < -0.3 is 10.2 Å². The number of carbonyl (C=O) groups is 2. The first-order valence-electron chi connectivity index (χ1n) is 10.2. The summed E-state index contributed by atoms with van der Waals surface area (Å²) in [6, 6.07) is 22.7. The van der Waals surface area contributed by atoms with Crippen molar-refractivity contribution in [3.05, 3.63) is 84.4 Å². The van der Waals surface area contributed by atoms with Gasteiger partial charge in [-0.05, 0) is 62.4 Å². The molecule has 164 valence electrons. The summed E-state index contributed by atoms with van der Waals surface area (Å²) in [5.41, 5.74) is 2.50. The summed E-state index contributed by atoms with van der Waals surface area (Å²) in [6.45, 7) is 3.12. The van der Waals surface area contributed by atoms with Crippen LogP contribution in [0, 0.1) is 0 Å². The molecule has 0 aliphatic carbocycles. The molecule has 0 fully saturated rings. The van der Waals surface area contributed by atoms with Crippen molar-refractivity contribution in [1.29, 1.82) is 0 Å². The van der Waals surface area contributed by atoms with Crippen LogP contribution in [0.1, 0.15) is 24.2 Å². The smallest absolute Gasteiger partial charge is 0.269 e. The highest BCUT2D eigenvalue weighted by molar-refractivity contribution is 7.90. The van der Waals surface area contributed by atoms with Crippen molar-refractivity contribution >= 4 is 38.9 Å². The van der Waals surface area contributed by atoms with E-state index in [-0.39, 0.29) is 16.5 Å². The van der Waals surface area contributed by atoms with Gasteiger partial charge in [0.25, 0.3) is 15.9 Å². The predicted molar refractivity (Wildman–Crippen MR) is 123 cm³/mol. The number of anilines is 3.